The van der Waals surface area contributed by atoms with Crippen LogP contribution in [0.1, 0.15) is 25.3 Å². The molecule has 1 heterocycles. The minimum Gasteiger partial charge on any atom is -0.321 e. The summed E-state index contributed by atoms with van der Waals surface area (Å²) in [5, 5.41) is 4.33. The van der Waals surface area contributed by atoms with E-state index in [1.165, 1.54) is 0 Å². The fraction of sp³-hybridized carbons (Fsp3) is 0.211. The van der Waals surface area contributed by atoms with Gasteiger partial charge >= 0.3 is 0 Å². The molecule has 0 spiro atoms. The van der Waals surface area contributed by atoms with Crippen molar-refractivity contribution >= 4 is 22.7 Å². The van der Waals surface area contributed by atoms with Crippen molar-refractivity contribution in [2.45, 2.75) is 26.3 Å². The molecule has 0 bridgehead atoms. The van der Waals surface area contributed by atoms with Gasteiger partial charge in [-0.3, -0.25) is 4.79 Å². The Kier molecular flexibility index (Phi) is 5.01. The molecule has 0 saturated heterocycles. The standard InChI is InChI=1S/C19H20N4O/c1-2-8-16(15-9-4-3-5-10-15)21-22-19(24)13-23-14-20-17-11-6-7-12-18(17)23/h3-7,9-12,14H,2,8,13H2,1H3,(H,22,24)/b21-16-. The molecule has 0 unspecified atom stereocenters. The van der Waals surface area contributed by atoms with E-state index in [9.17, 15) is 4.79 Å². The summed E-state index contributed by atoms with van der Waals surface area (Å²) in [6.07, 6.45) is 3.46. The van der Waals surface area contributed by atoms with E-state index in [0.29, 0.717) is 0 Å². The largest absolute Gasteiger partial charge is 0.321 e. The molecule has 2 aromatic carbocycles. The first-order chi connectivity index (χ1) is 11.8. The zero-order chi connectivity index (χ0) is 16.8. The number of nitrogens with zero attached hydrogens (tertiary/aromatic N) is 3. The number of nitrogens with one attached hydrogen (secondary N) is 1. The molecule has 1 aromatic heterocycles. The lowest BCUT2D eigenvalue weighted by molar-refractivity contribution is -0.121. The molecular weight excluding hydrogens is 300 g/mol. The number of hydrogen-bond donors (Lipinski definition) is 1. The van der Waals surface area contributed by atoms with Crippen molar-refractivity contribution in [1.82, 2.24) is 15.0 Å². The number of carbonyl (C=O) groups is 1. The van der Waals surface area contributed by atoms with Crippen molar-refractivity contribution in [3.8, 4) is 0 Å². The van der Waals surface area contributed by atoms with E-state index >= 15 is 0 Å². The summed E-state index contributed by atoms with van der Waals surface area (Å²) in [4.78, 5) is 16.5. The summed E-state index contributed by atoms with van der Waals surface area (Å²) < 4.78 is 1.82. The van der Waals surface area contributed by atoms with Gasteiger partial charge in [-0.15, -0.1) is 0 Å². The van der Waals surface area contributed by atoms with E-state index in [-0.39, 0.29) is 12.5 Å². The molecule has 122 valence electrons. The van der Waals surface area contributed by atoms with Crippen LogP contribution in [-0.2, 0) is 11.3 Å². The van der Waals surface area contributed by atoms with Crippen molar-refractivity contribution < 1.29 is 4.79 Å². The summed E-state index contributed by atoms with van der Waals surface area (Å²) in [7, 11) is 0. The number of para-hydroxylation sites is 2. The van der Waals surface area contributed by atoms with Gasteiger partial charge in [-0.1, -0.05) is 55.8 Å². The monoisotopic (exact) mass is 320 g/mol. The fourth-order valence-corrected chi connectivity index (χ4v) is 2.59. The van der Waals surface area contributed by atoms with Gasteiger partial charge in [0, 0.05) is 0 Å². The van der Waals surface area contributed by atoms with Crippen LogP contribution >= 0.6 is 0 Å². The number of hydrazone groups is 1. The molecule has 1 N–H and O–H groups in total. The molecule has 0 aliphatic heterocycles. The lowest BCUT2D eigenvalue weighted by atomic mass is 10.1. The molecule has 1 amide bonds. The van der Waals surface area contributed by atoms with Gasteiger partial charge in [-0.2, -0.15) is 5.10 Å². The average Bonchev–Trinajstić information content (AvgIpc) is 3.02. The SMILES string of the molecule is CCC/C(=N/NC(=O)Cn1cnc2ccccc21)c1ccccc1. The van der Waals surface area contributed by atoms with Crippen LogP contribution in [0.2, 0.25) is 0 Å². The molecule has 0 aliphatic rings. The Bertz CT molecular complexity index is 852. The highest BCUT2D eigenvalue weighted by atomic mass is 16.2. The van der Waals surface area contributed by atoms with E-state index in [2.05, 4.69) is 22.4 Å². The number of imidazole rings is 1. The number of hydrogen-bond acceptors (Lipinski definition) is 3. The van der Waals surface area contributed by atoms with Gasteiger partial charge < -0.3 is 4.57 Å². The molecule has 0 radical (unpaired) electrons. The summed E-state index contributed by atoms with van der Waals surface area (Å²) in [5.74, 6) is -0.164. The summed E-state index contributed by atoms with van der Waals surface area (Å²) in [6, 6.07) is 17.7. The first-order valence-corrected chi connectivity index (χ1v) is 8.08. The third-order valence-electron chi connectivity index (χ3n) is 3.75. The lowest BCUT2D eigenvalue weighted by Crippen LogP contribution is -2.24. The quantitative estimate of drug-likeness (QED) is 0.559. The average molecular weight is 320 g/mol. The fourth-order valence-electron chi connectivity index (χ4n) is 2.59. The number of fused-ring (bicyclic) bond motifs is 1. The van der Waals surface area contributed by atoms with Crippen molar-refractivity contribution in [3.05, 3.63) is 66.5 Å². The van der Waals surface area contributed by atoms with Gasteiger partial charge in [0.05, 0.1) is 23.1 Å². The second-order valence-electron chi connectivity index (χ2n) is 5.57. The molecule has 0 aliphatic carbocycles. The van der Waals surface area contributed by atoms with E-state index in [4.69, 9.17) is 0 Å². The van der Waals surface area contributed by atoms with Gasteiger partial charge in [-0.25, -0.2) is 10.4 Å². The van der Waals surface area contributed by atoms with E-state index in [1.807, 2.05) is 59.2 Å². The highest BCUT2D eigenvalue weighted by Gasteiger charge is 2.07. The van der Waals surface area contributed by atoms with Crippen LogP contribution in [0, 0.1) is 0 Å². The zero-order valence-corrected chi connectivity index (χ0v) is 13.6. The molecule has 0 saturated carbocycles. The highest BCUT2D eigenvalue weighted by molar-refractivity contribution is 6.01. The highest BCUT2D eigenvalue weighted by Crippen LogP contribution is 2.11. The predicted molar refractivity (Wildman–Crippen MR) is 95.8 cm³/mol. The van der Waals surface area contributed by atoms with E-state index < -0.39 is 0 Å². The number of benzene rings is 2. The summed E-state index contributed by atoms with van der Waals surface area (Å²) in [5.41, 5.74) is 6.41. The molecule has 0 fully saturated rings. The maximum Gasteiger partial charge on any atom is 0.260 e. The molecule has 24 heavy (non-hydrogen) atoms. The van der Waals surface area contributed by atoms with E-state index in [1.54, 1.807) is 6.33 Å². The molecule has 3 rings (SSSR count). The minimum atomic E-state index is -0.164. The van der Waals surface area contributed by atoms with E-state index in [0.717, 1.165) is 35.2 Å². The predicted octanol–water partition coefficient (Wildman–Crippen LogP) is 3.36. The van der Waals surface area contributed by atoms with Crippen LogP contribution in [0.5, 0.6) is 0 Å². The maximum absolute atomic E-state index is 12.2. The smallest absolute Gasteiger partial charge is 0.260 e. The van der Waals surface area contributed by atoms with Crippen LogP contribution in [-0.4, -0.2) is 21.2 Å². The Morgan fingerprint density at radius 2 is 1.88 bits per heavy atom. The first-order valence-electron chi connectivity index (χ1n) is 8.08. The Morgan fingerprint density at radius 1 is 1.12 bits per heavy atom. The molecular formula is C19H20N4O. The van der Waals surface area contributed by atoms with Crippen LogP contribution < -0.4 is 5.43 Å². The third-order valence-corrected chi connectivity index (χ3v) is 3.75. The van der Waals surface area contributed by atoms with Gasteiger partial charge in [0.15, 0.2) is 0 Å². The molecule has 5 nitrogen and oxygen atoms in total. The topological polar surface area (TPSA) is 59.3 Å². The number of carbonyl (C=O) groups excluding carboxylic acids is 1. The maximum atomic E-state index is 12.2. The Balaban J connectivity index is 1.71. The Labute approximate surface area is 141 Å². The molecule has 3 aromatic rings. The van der Waals surface area contributed by atoms with Crippen LogP contribution in [0.25, 0.3) is 11.0 Å². The Hall–Kier alpha value is -2.95. The van der Waals surface area contributed by atoms with Crippen molar-refractivity contribution in [2.75, 3.05) is 0 Å². The Morgan fingerprint density at radius 3 is 2.67 bits per heavy atom. The second-order valence-corrected chi connectivity index (χ2v) is 5.57. The zero-order valence-electron chi connectivity index (χ0n) is 13.6. The lowest BCUT2D eigenvalue weighted by Gasteiger charge is -2.07. The van der Waals surface area contributed by atoms with Gasteiger partial charge in [0.1, 0.15) is 6.54 Å². The van der Waals surface area contributed by atoms with Gasteiger partial charge in [0.25, 0.3) is 5.91 Å². The first kappa shape index (κ1) is 15.9. The van der Waals surface area contributed by atoms with Crippen LogP contribution in [0.4, 0.5) is 0 Å². The minimum absolute atomic E-state index is 0.164. The number of amides is 1. The van der Waals surface area contributed by atoms with Gasteiger partial charge in [-0.05, 0) is 24.1 Å². The number of rotatable bonds is 6. The third kappa shape index (κ3) is 3.68. The van der Waals surface area contributed by atoms with Crippen LogP contribution in [0.15, 0.2) is 66.0 Å². The summed E-state index contributed by atoms with van der Waals surface area (Å²) in [6.45, 7) is 2.29. The van der Waals surface area contributed by atoms with Crippen molar-refractivity contribution in [3.63, 3.8) is 0 Å². The van der Waals surface area contributed by atoms with Gasteiger partial charge in [0.2, 0.25) is 0 Å². The van der Waals surface area contributed by atoms with Crippen molar-refractivity contribution in [2.24, 2.45) is 5.10 Å². The van der Waals surface area contributed by atoms with Crippen LogP contribution in [0.3, 0.4) is 0 Å². The summed E-state index contributed by atoms with van der Waals surface area (Å²) >= 11 is 0. The number of aromatic nitrogens is 2. The molecule has 5 heteroatoms. The normalized spacial score (nSPS) is 11.6. The van der Waals surface area contributed by atoms with Crippen molar-refractivity contribution in [1.29, 1.82) is 0 Å². The second kappa shape index (κ2) is 7.55. The molecule has 0 atom stereocenters.